The van der Waals surface area contributed by atoms with Crippen molar-refractivity contribution < 1.29 is 14.3 Å². The maximum Gasteiger partial charge on any atom is 0.315 e. The van der Waals surface area contributed by atoms with Gasteiger partial charge in [-0.3, -0.25) is 9.69 Å². The Balaban J connectivity index is 2.09. The maximum absolute atomic E-state index is 12.4. The summed E-state index contributed by atoms with van der Waals surface area (Å²) >= 11 is 0. The fraction of sp³-hybridized carbons (Fsp3) is 0.733. The number of nitrogens with zero attached hydrogens (tertiary/aromatic N) is 3. The van der Waals surface area contributed by atoms with Crippen LogP contribution in [-0.2, 0) is 27.9 Å². The van der Waals surface area contributed by atoms with Crippen LogP contribution in [-0.4, -0.2) is 53.8 Å². The number of carbonyl (C=O) groups is 1. The highest BCUT2D eigenvalue weighted by Crippen LogP contribution is 2.32. The summed E-state index contributed by atoms with van der Waals surface area (Å²) in [7, 11) is 3.62. The number of hydrogen-bond acceptors (Lipinski definition) is 5. The number of carbonyl (C=O) groups excluding carboxylic acids is 1. The standard InChI is InChI=1S/C15H25N3O3/c1-4-21-14(19)15(12-20-3)6-5-8-18(11-15)10-13-16-7-9-17(13)2/h7,9H,4-6,8,10-12H2,1-3H3/t15-/m0/s1. The van der Waals surface area contributed by atoms with Crippen molar-refractivity contribution in [2.24, 2.45) is 12.5 Å². The second-order valence-electron chi connectivity index (χ2n) is 5.70. The van der Waals surface area contributed by atoms with Crippen LogP contribution >= 0.6 is 0 Å². The third kappa shape index (κ3) is 3.63. The van der Waals surface area contributed by atoms with E-state index in [9.17, 15) is 4.79 Å². The molecule has 0 unspecified atom stereocenters. The molecule has 1 aliphatic rings. The molecule has 0 bridgehead atoms. The van der Waals surface area contributed by atoms with Crippen LogP contribution in [0.3, 0.4) is 0 Å². The second-order valence-corrected chi connectivity index (χ2v) is 5.70. The minimum atomic E-state index is -0.547. The van der Waals surface area contributed by atoms with Crippen molar-refractivity contribution in [3.63, 3.8) is 0 Å². The van der Waals surface area contributed by atoms with E-state index < -0.39 is 5.41 Å². The molecule has 0 aromatic carbocycles. The van der Waals surface area contributed by atoms with Gasteiger partial charge in [0.15, 0.2) is 0 Å². The van der Waals surface area contributed by atoms with Crippen LogP contribution in [0.2, 0.25) is 0 Å². The van der Waals surface area contributed by atoms with Gasteiger partial charge in [0.25, 0.3) is 0 Å². The van der Waals surface area contributed by atoms with Crippen LogP contribution in [0, 0.1) is 5.41 Å². The van der Waals surface area contributed by atoms with Gasteiger partial charge < -0.3 is 14.0 Å². The van der Waals surface area contributed by atoms with E-state index in [0.717, 1.165) is 31.8 Å². The molecule has 0 aliphatic carbocycles. The number of esters is 1. The zero-order valence-corrected chi connectivity index (χ0v) is 13.2. The molecule has 1 aromatic heterocycles. The third-order valence-corrected chi connectivity index (χ3v) is 4.07. The number of likely N-dealkylation sites (tertiary alicyclic amines) is 1. The summed E-state index contributed by atoms with van der Waals surface area (Å²) < 4.78 is 12.6. The van der Waals surface area contributed by atoms with Gasteiger partial charge in [0.05, 0.1) is 19.8 Å². The Kier molecular flexibility index (Phi) is 5.36. The smallest absolute Gasteiger partial charge is 0.315 e. The van der Waals surface area contributed by atoms with E-state index in [2.05, 4.69) is 9.88 Å². The van der Waals surface area contributed by atoms with Gasteiger partial charge >= 0.3 is 5.97 Å². The van der Waals surface area contributed by atoms with Gasteiger partial charge in [0.2, 0.25) is 0 Å². The van der Waals surface area contributed by atoms with Gasteiger partial charge in [0, 0.05) is 33.1 Å². The Bertz CT molecular complexity index is 470. The van der Waals surface area contributed by atoms with Gasteiger partial charge in [-0.05, 0) is 26.3 Å². The molecule has 21 heavy (non-hydrogen) atoms. The van der Waals surface area contributed by atoms with Crippen molar-refractivity contribution in [1.29, 1.82) is 0 Å². The number of piperidine rings is 1. The Morgan fingerprint density at radius 1 is 1.52 bits per heavy atom. The van der Waals surface area contributed by atoms with E-state index in [4.69, 9.17) is 9.47 Å². The highest BCUT2D eigenvalue weighted by atomic mass is 16.5. The molecule has 118 valence electrons. The number of imidazole rings is 1. The second kappa shape index (κ2) is 7.04. The van der Waals surface area contributed by atoms with Crippen LogP contribution < -0.4 is 0 Å². The Morgan fingerprint density at radius 2 is 2.33 bits per heavy atom. The van der Waals surface area contributed by atoms with E-state index in [1.165, 1.54) is 0 Å². The van der Waals surface area contributed by atoms with Gasteiger partial charge in [-0.15, -0.1) is 0 Å². The Morgan fingerprint density at radius 3 is 2.95 bits per heavy atom. The lowest BCUT2D eigenvalue weighted by Crippen LogP contribution is -2.50. The summed E-state index contributed by atoms with van der Waals surface area (Å²) in [6.45, 7) is 5.03. The molecule has 0 spiro atoms. The Labute approximate surface area is 126 Å². The number of hydrogen-bond donors (Lipinski definition) is 0. The molecule has 0 saturated carbocycles. The number of aromatic nitrogens is 2. The zero-order chi connectivity index (χ0) is 15.3. The van der Waals surface area contributed by atoms with Crippen LogP contribution in [0.15, 0.2) is 12.4 Å². The number of rotatable bonds is 6. The average Bonchev–Trinajstić information content (AvgIpc) is 2.85. The van der Waals surface area contributed by atoms with E-state index >= 15 is 0 Å². The van der Waals surface area contributed by atoms with Gasteiger partial charge in [0.1, 0.15) is 11.2 Å². The van der Waals surface area contributed by atoms with Gasteiger partial charge in [-0.25, -0.2) is 4.98 Å². The molecule has 0 N–H and O–H groups in total. The molecule has 0 amide bonds. The lowest BCUT2D eigenvalue weighted by atomic mass is 9.80. The van der Waals surface area contributed by atoms with Crippen molar-refractivity contribution in [2.45, 2.75) is 26.3 Å². The van der Waals surface area contributed by atoms with E-state index in [1.807, 2.05) is 24.7 Å². The van der Waals surface area contributed by atoms with Crippen molar-refractivity contribution in [3.05, 3.63) is 18.2 Å². The minimum Gasteiger partial charge on any atom is -0.465 e. The predicted molar refractivity (Wildman–Crippen MR) is 78.7 cm³/mol. The predicted octanol–water partition coefficient (Wildman–Crippen LogP) is 1.21. The molecular weight excluding hydrogens is 270 g/mol. The van der Waals surface area contributed by atoms with Gasteiger partial charge in [-0.2, -0.15) is 0 Å². The third-order valence-electron chi connectivity index (χ3n) is 4.07. The maximum atomic E-state index is 12.4. The number of ether oxygens (including phenoxy) is 2. The normalized spacial score (nSPS) is 23.2. The van der Waals surface area contributed by atoms with E-state index in [-0.39, 0.29) is 5.97 Å². The average molecular weight is 295 g/mol. The van der Waals surface area contributed by atoms with Crippen LogP contribution in [0.4, 0.5) is 0 Å². The summed E-state index contributed by atoms with van der Waals surface area (Å²) in [4.78, 5) is 19.0. The van der Waals surface area contributed by atoms with Gasteiger partial charge in [-0.1, -0.05) is 0 Å². The Hall–Kier alpha value is -1.40. The lowest BCUT2D eigenvalue weighted by molar-refractivity contribution is -0.163. The molecule has 0 radical (unpaired) electrons. The fourth-order valence-electron chi connectivity index (χ4n) is 3.01. The van der Waals surface area contributed by atoms with Crippen LogP contribution in [0.5, 0.6) is 0 Å². The molecule has 1 fully saturated rings. The van der Waals surface area contributed by atoms with Crippen LogP contribution in [0.25, 0.3) is 0 Å². The SMILES string of the molecule is CCOC(=O)[C@@]1(COC)CCCN(Cc2nccn2C)C1. The summed E-state index contributed by atoms with van der Waals surface area (Å²) in [6.07, 6.45) is 5.52. The zero-order valence-electron chi connectivity index (χ0n) is 13.2. The van der Waals surface area contributed by atoms with Crippen molar-refractivity contribution >= 4 is 5.97 Å². The lowest BCUT2D eigenvalue weighted by Gasteiger charge is -2.40. The van der Waals surface area contributed by atoms with Crippen LogP contribution in [0.1, 0.15) is 25.6 Å². The van der Waals surface area contributed by atoms with E-state index in [1.54, 1.807) is 13.3 Å². The minimum absolute atomic E-state index is 0.142. The summed E-state index contributed by atoms with van der Waals surface area (Å²) in [6, 6.07) is 0. The van der Waals surface area contributed by atoms with Crippen molar-refractivity contribution in [1.82, 2.24) is 14.5 Å². The first-order chi connectivity index (χ1) is 10.1. The molecule has 6 heteroatoms. The molecule has 2 rings (SSSR count). The summed E-state index contributed by atoms with van der Waals surface area (Å²) in [5.74, 6) is 0.864. The summed E-state index contributed by atoms with van der Waals surface area (Å²) in [5.41, 5.74) is -0.547. The number of aryl methyl sites for hydroxylation is 1. The first-order valence-corrected chi connectivity index (χ1v) is 7.46. The molecule has 1 aromatic rings. The first kappa shape index (κ1) is 16.0. The molecule has 1 atom stereocenters. The molecule has 1 aliphatic heterocycles. The van der Waals surface area contributed by atoms with E-state index in [0.29, 0.717) is 19.8 Å². The molecule has 2 heterocycles. The first-order valence-electron chi connectivity index (χ1n) is 7.46. The topological polar surface area (TPSA) is 56.6 Å². The number of methoxy groups -OCH3 is 1. The monoisotopic (exact) mass is 295 g/mol. The van der Waals surface area contributed by atoms with Crippen molar-refractivity contribution in [3.8, 4) is 0 Å². The highest BCUT2D eigenvalue weighted by molar-refractivity contribution is 5.77. The quantitative estimate of drug-likeness (QED) is 0.738. The molecule has 1 saturated heterocycles. The highest BCUT2D eigenvalue weighted by Gasteiger charge is 2.43. The van der Waals surface area contributed by atoms with Crippen molar-refractivity contribution in [2.75, 3.05) is 33.4 Å². The largest absolute Gasteiger partial charge is 0.465 e. The summed E-state index contributed by atoms with van der Waals surface area (Å²) in [5, 5.41) is 0. The fourth-order valence-corrected chi connectivity index (χ4v) is 3.01. The molecular formula is C15H25N3O3. The molecule has 6 nitrogen and oxygen atoms in total.